The molecule has 0 unspecified atom stereocenters. The van der Waals surface area contributed by atoms with E-state index < -0.39 is 0 Å². The van der Waals surface area contributed by atoms with Gasteiger partial charge in [-0.15, -0.1) is 0 Å². The van der Waals surface area contributed by atoms with Gasteiger partial charge in [-0.2, -0.15) is 0 Å². The minimum Gasteiger partial charge on any atom is -0.309 e. The molecule has 0 amide bonds. The highest BCUT2D eigenvalue weighted by atomic mass is 32.1. The number of aromatic nitrogens is 1. The molecule has 1 aromatic heterocycles. The van der Waals surface area contributed by atoms with Gasteiger partial charge in [0.2, 0.25) is 0 Å². The maximum Gasteiger partial charge on any atom is 0.0541 e. The lowest BCUT2D eigenvalue weighted by Crippen LogP contribution is -1.92. The van der Waals surface area contributed by atoms with Crippen LogP contribution >= 0.6 is 12.6 Å². The summed E-state index contributed by atoms with van der Waals surface area (Å²) in [5, 5.41) is 5.13. The number of hydrogen-bond acceptors (Lipinski definition) is 1. The summed E-state index contributed by atoms with van der Waals surface area (Å²) in [6, 6.07) is 25.2. The van der Waals surface area contributed by atoms with Gasteiger partial charge in [0.25, 0.3) is 0 Å². The summed E-state index contributed by atoms with van der Waals surface area (Å²) in [6.45, 7) is 0. The first-order valence-corrected chi connectivity index (χ1v) is 7.57. The Morgan fingerprint density at radius 1 is 0.727 bits per heavy atom. The Morgan fingerprint density at radius 3 is 2.27 bits per heavy atom. The number of thiol groups is 1. The Morgan fingerprint density at radius 2 is 1.45 bits per heavy atom. The van der Waals surface area contributed by atoms with Crippen molar-refractivity contribution >= 4 is 34.4 Å². The normalized spacial score (nSPS) is 10.6. The van der Waals surface area contributed by atoms with Crippen LogP contribution in [0.3, 0.4) is 0 Å². The van der Waals surface area contributed by atoms with Gasteiger partial charge in [-0.1, -0.05) is 54.9 Å². The van der Waals surface area contributed by atoms with Gasteiger partial charge in [-0.3, -0.25) is 0 Å². The van der Waals surface area contributed by atoms with Gasteiger partial charge in [-0.05, 0) is 41.7 Å². The highest BCUT2D eigenvalue weighted by Crippen LogP contribution is 2.32. The number of nitrogens with zero attached hydrogens (tertiary/aromatic N) is 1. The van der Waals surface area contributed by atoms with Crippen LogP contribution in [0.1, 0.15) is 5.56 Å². The molecular formula is C20H13NS. The van der Waals surface area contributed by atoms with Crippen molar-refractivity contribution in [2.45, 2.75) is 0 Å². The molecule has 0 aliphatic rings. The van der Waals surface area contributed by atoms with Crippen molar-refractivity contribution in [3.05, 3.63) is 78.4 Å². The van der Waals surface area contributed by atoms with Crippen molar-refractivity contribution in [2.24, 2.45) is 0 Å². The van der Waals surface area contributed by atoms with E-state index in [0.29, 0.717) is 0 Å². The van der Waals surface area contributed by atoms with Crippen molar-refractivity contribution in [3.63, 3.8) is 0 Å². The molecule has 2 heteroatoms. The van der Waals surface area contributed by atoms with Crippen LogP contribution in [0.15, 0.2) is 72.8 Å². The van der Waals surface area contributed by atoms with Crippen LogP contribution in [0.25, 0.3) is 27.5 Å². The van der Waals surface area contributed by atoms with Crippen molar-refractivity contribution < 1.29 is 0 Å². The SMILES string of the molecule is SC#Cc1ccc2c(c1)c1ccccc1n2-c1ccccc1. The molecule has 0 atom stereocenters. The molecule has 0 fully saturated rings. The molecule has 104 valence electrons. The minimum atomic E-state index is 0.985. The van der Waals surface area contributed by atoms with E-state index >= 15 is 0 Å². The first kappa shape index (κ1) is 13.1. The highest BCUT2D eigenvalue weighted by molar-refractivity contribution is 7.85. The molecule has 0 saturated carbocycles. The van der Waals surface area contributed by atoms with Crippen LogP contribution in [-0.2, 0) is 0 Å². The van der Waals surface area contributed by atoms with Gasteiger partial charge >= 0.3 is 0 Å². The third-order valence-electron chi connectivity index (χ3n) is 3.89. The lowest BCUT2D eigenvalue weighted by Gasteiger charge is -2.07. The fourth-order valence-electron chi connectivity index (χ4n) is 2.97. The predicted molar refractivity (Wildman–Crippen MR) is 96.6 cm³/mol. The summed E-state index contributed by atoms with van der Waals surface area (Å²) in [6.07, 6.45) is 0. The first-order valence-electron chi connectivity index (χ1n) is 7.12. The smallest absolute Gasteiger partial charge is 0.0541 e. The summed E-state index contributed by atoms with van der Waals surface area (Å²) in [4.78, 5) is 0. The lowest BCUT2D eigenvalue weighted by atomic mass is 10.1. The van der Waals surface area contributed by atoms with Gasteiger partial charge < -0.3 is 4.57 Å². The van der Waals surface area contributed by atoms with Crippen molar-refractivity contribution in [1.82, 2.24) is 4.57 Å². The summed E-state index contributed by atoms with van der Waals surface area (Å²) in [5.41, 5.74) is 4.55. The topological polar surface area (TPSA) is 4.93 Å². The molecule has 0 aliphatic carbocycles. The largest absolute Gasteiger partial charge is 0.309 e. The molecule has 1 nitrogen and oxygen atoms in total. The van der Waals surface area contributed by atoms with Gasteiger partial charge in [0, 0.05) is 22.0 Å². The Balaban J connectivity index is 2.16. The molecule has 1 heterocycles. The van der Waals surface area contributed by atoms with Crippen LogP contribution in [0, 0.1) is 11.2 Å². The molecule has 0 aliphatic heterocycles. The molecule has 0 saturated heterocycles. The average molecular weight is 299 g/mol. The maximum absolute atomic E-state index is 4.00. The van der Waals surface area contributed by atoms with E-state index in [1.165, 1.54) is 27.5 Å². The zero-order valence-corrected chi connectivity index (χ0v) is 12.7. The number of rotatable bonds is 1. The molecule has 4 aromatic rings. The van der Waals surface area contributed by atoms with Gasteiger partial charge in [0.05, 0.1) is 11.0 Å². The highest BCUT2D eigenvalue weighted by Gasteiger charge is 2.11. The van der Waals surface area contributed by atoms with E-state index in [4.69, 9.17) is 0 Å². The van der Waals surface area contributed by atoms with Crippen LogP contribution in [0.4, 0.5) is 0 Å². The minimum absolute atomic E-state index is 0.985. The second-order valence-electron chi connectivity index (χ2n) is 5.16. The van der Waals surface area contributed by atoms with E-state index in [2.05, 4.69) is 89.0 Å². The predicted octanol–water partition coefficient (Wildman–Crippen LogP) is 5.02. The molecular weight excluding hydrogens is 286 g/mol. The molecule has 0 spiro atoms. The van der Waals surface area contributed by atoms with E-state index in [9.17, 15) is 0 Å². The Bertz CT molecular complexity index is 1030. The van der Waals surface area contributed by atoms with Gasteiger partial charge in [0.15, 0.2) is 0 Å². The fourth-order valence-corrected chi connectivity index (χ4v) is 3.10. The van der Waals surface area contributed by atoms with Crippen molar-refractivity contribution in [3.8, 4) is 16.9 Å². The first-order chi connectivity index (χ1) is 10.9. The third kappa shape index (κ3) is 1.99. The Labute approximate surface area is 134 Å². The second kappa shape index (κ2) is 5.29. The maximum atomic E-state index is 4.00. The zero-order chi connectivity index (χ0) is 14.9. The van der Waals surface area contributed by atoms with E-state index in [0.717, 1.165) is 5.56 Å². The number of hydrogen-bond donors (Lipinski definition) is 1. The van der Waals surface area contributed by atoms with Crippen molar-refractivity contribution in [1.29, 1.82) is 0 Å². The van der Waals surface area contributed by atoms with Crippen LogP contribution in [-0.4, -0.2) is 4.57 Å². The van der Waals surface area contributed by atoms with Crippen LogP contribution in [0.5, 0.6) is 0 Å². The molecule has 3 aromatic carbocycles. The van der Waals surface area contributed by atoms with Gasteiger partial charge in [0.1, 0.15) is 0 Å². The quantitative estimate of drug-likeness (QED) is 0.372. The summed E-state index contributed by atoms with van der Waals surface area (Å²) in [7, 11) is 0. The van der Waals surface area contributed by atoms with E-state index in [1.807, 2.05) is 12.1 Å². The molecule has 22 heavy (non-hydrogen) atoms. The standard InChI is InChI=1S/C20H13NS/c22-13-12-15-10-11-20-18(14-15)17-8-4-5-9-19(17)21(20)16-6-2-1-3-7-16/h1-11,14,22H. The van der Waals surface area contributed by atoms with Gasteiger partial charge in [-0.25, -0.2) is 0 Å². The second-order valence-corrected chi connectivity index (χ2v) is 5.38. The molecule has 0 radical (unpaired) electrons. The monoisotopic (exact) mass is 299 g/mol. The zero-order valence-electron chi connectivity index (χ0n) is 11.8. The number of para-hydroxylation sites is 2. The lowest BCUT2D eigenvalue weighted by molar-refractivity contribution is 1.18. The van der Waals surface area contributed by atoms with Crippen molar-refractivity contribution in [2.75, 3.05) is 0 Å². The van der Waals surface area contributed by atoms with E-state index in [-0.39, 0.29) is 0 Å². The molecule has 0 N–H and O–H groups in total. The summed E-state index contributed by atoms with van der Waals surface area (Å²) in [5.74, 6) is 3.02. The Kier molecular flexibility index (Phi) is 3.14. The fraction of sp³-hybridized carbons (Fsp3) is 0. The summed E-state index contributed by atoms with van der Waals surface area (Å²) >= 11 is 4.00. The number of benzene rings is 3. The molecule has 4 rings (SSSR count). The van der Waals surface area contributed by atoms with E-state index in [1.54, 1.807) is 0 Å². The average Bonchev–Trinajstić information content (AvgIpc) is 2.90. The third-order valence-corrected chi connectivity index (χ3v) is 4.00. The van der Waals surface area contributed by atoms with Crippen LogP contribution < -0.4 is 0 Å². The molecule has 0 bridgehead atoms. The summed E-state index contributed by atoms with van der Waals surface area (Å²) < 4.78 is 2.29. The van der Waals surface area contributed by atoms with Crippen LogP contribution in [0.2, 0.25) is 0 Å². The Hall–Kier alpha value is -2.63. The number of fused-ring (bicyclic) bond motifs is 3.